The van der Waals surface area contributed by atoms with Crippen molar-refractivity contribution >= 4 is 72.1 Å². The van der Waals surface area contributed by atoms with E-state index in [9.17, 15) is 0 Å². The Hall–Kier alpha value is 0.260. The number of rotatable bonds is 3. The largest absolute Gasteiger partial charge is 0.379 e. The van der Waals surface area contributed by atoms with Crippen LogP contribution in [0.1, 0.15) is 4.88 Å². The lowest BCUT2D eigenvalue weighted by molar-refractivity contribution is 1.19. The van der Waals surface area contributed by atoms with E-state index < -0.39 is 0 Å². The van der Waals surface area contributed by atoms with Gasteiger partial charge in [0, 0.05) is 25.7 Å². The van der Waals surface area contributed by atoms with Crippen molar-refractivity contribution in [3.05, 3.63) is 47.4 Å². The Kier molecular flexibility index (Phi) is 4.78. The molecular weight excluding hydrogens is 409 g/mol. The van der Waals surface area contributed by atoms with E-state index >= 15 is 0 Å². The molecule has 1 aromatic heterocycles. The van der Waals surface area contributed by atoms with Gasteiger partial charge in [0.1, 0.15) is 0 Å². The van der Waals surface area contributed by atoms with Crippen LogP contribution in [-0.4, -0.2) is 0 Å². The molecule has 0 saturated heterocycles. The van der Waals surface area contributed by atoms with Gasteiger partial charge in [-0.1, -0.05) is 23.2 Å². The Morgan fingerprint density at radius 3 is 2.59 bits per heavy atom. The van der Waals surface area contributed by atoms with Crippen LogP contribution in [0.15, 0.2) is 32.5 Å². The number of thiophene rings is 1. The second-order valence-electron chi connectivity index (χ2n) is 3.31. The van der Waals surface area contributed by atoms with Crippen molar-refractivity contribution in [3.8, 4) is 0 Å². The van der Waals surface area contributed by atoms with Crippen LogP contribution in [0.25, 0.3) is 0 Å². The lowest BCUT2D eigenvalue weighted by atomic mass is 10.3. The third-order valence-corrected chi connectivity index (χ3v) is 5.58. The van der Waals surface area contributed by atoms with Gasteiger partial charge in [0.2, 0.25) is 0 Å². The van der Waals surface area contributed by atoms with Crippen LogP contribution in [0.5, 0.6) is 0 Å². The highest BCUT2D eigenvalue weighted by atomic mass is 79.9. The van der Waals surface area contributed by atoms with E-state index in [2.05, 4.69) is 43.2 Å². The molecule has 1 N–H and O–H groups in total. The highest BCUT2D eigenvalue weighted by Gasteiger charge is 2.08. The molecule has 2 rings (SSSR count). The third-order valence-electron chi connectivity index (χ3n) is 2.11. The summed E-state index contributed by atoms with van der Waals surface area (Å²) in [4.78, 5) is 1.23. The van der Waals surface area contributed by atoms with E-state index in [-0.39, 0.29) is 0 Å². The Balaban J connectivity index is 2.12. The van der Waals surface area contributed by atoms with Crippen molar-refractivity contribution in [1.82, 2.24) is 0 Å². The fraction of sp³-hybridized carbons (Fsp3) is 0.0909. The van der Waals surface area contributed by atoms with Crippen LogP contribution in [0.4, 0.5) is 5.69 Å². The Morgan fingerprint density at radius 2 is 1.94 bits per heavy atom. The van der Waals surface area contributed by atoms with Gasteiger partial charge in [-0.05, 0) is 50.1 Å². The molecule has 17 heavy (non-hydrogen) atoms. The Labute approximate surface area is 130 Å². The Morgan fingerprint density at radius 1 is 1.18 bits per heavy atom. The van der Waals surface area contributed by atoms with Crippen LogP contribution in [0, 0.1) is 0 Å². The molecule has 0 spiro atoms. The first-order valence-electron chi connectivity index (χ1n) is 4.68. The molecule has 1 nitrogen and oxygen atoms in total. The highest BCUT2D eigenvalue weighted by Crippen LogP contribution is 2.36. The van der Waals surface area contributed by atoms with Crippen molar-refractivity contribution in [2.45, 2.75) is 6.54 Å². The highest BCUT2D eigenvalue weighted by molar-refractivity contribution is 9.10. The molecule has 1 heterocycles. The standard InChI is InChI=1S/C11H7Br2Cl2NS/c12-6-3-7(17-5-6)4-16-9-2-1-8(13)10(14)11(9)15/h1-3,5,16H,4H2. The van der Waals surface area contributed by atoms with Gasteiger partial charge in [-0.3, -0.25) is 0 Å². The molecular formula is C11H7Br2Cl2NS. The molecule has 0 unspecified atom stereocenters. The summed E-state index contributed by atoms with van der Waals surface area (Å²) in [5.74, 6) is 0. The second kappa shape index (κ2) is 5.93. The molecule has 0 aliphatic rings. The van der Waals surface area contributed by atoms with E-state index in [0.29, 0.717) is 10.0 Å². The monoisotopic (exact) mass is 413 g/mol. The summed E-state index contributed by atoms with van der Waals surface area (Å²) in [5.41, 5.74) is 0.837. The maximum atomic E-state index is 6.14. The summed E-state index contributed by atoms with van der Waals surface area (Å²) in [6, 6.07) is 5.86. The van der Waals surface area contributed by atoms with E-state index in [1.165, 1.54) is 4.88 Å². The van der Waals surface area contributed by atoms with Crippen molar-refractivity contribution in [3.63, 3.8) is 0 Å². The minimum atomic E-state index is 0.532. The lowest BCUT2D eigenvalue weighted by Crippen LogP contribution is -1.98. The molecule has 0 saturated carbocycles. The molecule has 2 aromatic rings. The van der Waals surface area contributed by atoms with Gasteiger partial charge < -0.3 is 5.32 Å². The maximum absolute atomic E-state index is 6.14. The van der Waals surface area contributed by atoms with Crippen molar-refractivity contribution in [2.75, 3.05) is 5.32 Å². The van der Waals surface area contributed by atoms with Crippen molar-refractivity contribution < 1.29 is 0 Å². The predicted molar refractivity (Wildman–Crippen MR) is 83.5 cm³/mol. The molecule has 90 valence electrons. The van der Waals surface area contributed by atoms with Crippen LogP contribution in [-0.2, 0) is 6.54 Å². The zero-order chi connectivity index (χ0) is 12.4. The van der Waals surface area contributed by atoms with Gasteiger partial charge >= 0.3 is 0 Å². The van der Waals surface area contributed by atoms with Crippen LogP contribution >= 0.6 is 66.4 Å². The summed E-state index contributed by atoms with van der Waals surface area (Å²) in [7, 11) is 0. The second-order valence-corrected chi connectivity index (χ2v) is 6.83. The van der Waals surface area contributed by atoms with Gasteiger partial charge in [-0.15, -0.1) is 11.3 Å². The summed E-state index contributed by atoms with van der Waals surface area (Å²) in [5, 5.41) is 6.38. The van der Waals surface area contributed by atoms with Gasteiger partial charge in [0.05, 0.1) is 15.7 Å². The molecule has 0 bridgehead atoms. The van der Waals surface area contributed by atoms with Gasteiger partial charge in [0.15, 0.2) is 0 Å². The third kappa shape index (κ3) is 3.38. The summed E-state index contributed by atoms with van der Waals surface area (Å²) in [6.07, 6.45) is 0. The van der Waals surface area contributed by atoms with E-state index in [1.807, 2.05) is 17.5 Å². The number of benzene rings is 1. The predicted octanol–water partition coefficient (Wildman–Crippen LogP) is 6.19. The number of anilines is 1. The van der Waals surface area contributed by atoms with Gasteiger partial charge in [0.25, 0.3) is 0 Å². The normalized spacial score (nSPS) is 10.6. The topological polar surface area (TPSA) is 12.0 Å². The van der Waals surface area contributed by atoms with Crippen molar-refractivity contribution in [2.24, 2.45) is 0 Å². The average molecular weight is 416 g/mol. The van der Waals surface area contributed by atoms with Gasteiger partial charge in [-0.2, -0.15) is 0 Å². The molecule has 0 radical (unpaired) electrons. The Bertz CT molecular complexity index is 542. The SMILES string of the molecule is Clc1c(Br)ccc(NCc2cc(Br)cs2)c1Cl. The van der Waals surface area contributed by atoms with Crippen LogP contribution < -0.4 is 5.32 Å². The number of hydrogen-bond acceptors (Lipinski definition) is 2. The lowest BCUT2D eigenvalue weighted by Gasteiger charge is -2.09. The molecule has 0 atom stereocenters. The smallest absolute Gasteiger partial charge is 0.0835 e. The number of halogens is 4. The average Bonchev–Trinajstić information content (AvgIpc) is 2.71. The molecule has 1 aromatic carbocycles. The summed E-state index contributed by atoms with van der Waals surface area (Å²) in [6.45, 7) is 0.730. The fourth-order valence-corrected chi connectivity index (χ4v) is 3.52. The van der Waals surface area contributed by atoms with Crippen molar-refractivity contribution in [1.29, 1.82) is 0 Å². The number of nitrogens with one attached hydrogen (secondary N) is 1. The van der Waals surface area contributed by atoms with Crippen LogP contribution in [0.2, 0.25) is 10.0 Å². The van der Waals surface area contributed by atoms with E-state index in [4.69, 9.17) is 23.2 Å². The first-order valence-corrected chi connectivity index (χ1v) is 7.90. The summed E-state index contributed by atoms with van der Waals surface area (Å²) >= 11 is 20.6. The number of hydrogen-bond donors (Lipinski definition) is 1. The fourth-order valence-electron chi connectivity index (χ4n) is 1.29. The molecule has 6 heteroatoms. The minimum Gasteiger partial charge on any atom is -0.379 e. The first-order chi connectivity index (χ1) is 8.08. The zero-order valence-corrected chi connectivity index (χ0v) is 13.9. The quantitative estimate of drug-likeness (QED) is 0.589. The summed E-state index contributed by atoms with van der Waals surface area (Å²) < 4.78 is 1.90. The molecule has 0 aliphatic carbocycles. The molecule has 0 fully saturated rings. The van der Waals surface area contributed by atoms with E-state index in [1.54, 1.807) is 11.3 Å². The van der Waals surface area contributed by atoms with Gasteiger partial charge in [-0.25, -0.2) is 0 Å². The van der Waals surface area contributed by atoms with E-state index in [0.717, 1.165) is 21.2 Å². The zero-order valence-electron chi connectivity index (χ0n) is 8.44. The maximum Gasteiger partial charge on any atom is 0.0835 e. The van der Waals surface area contributed by atoms with Crippen LogP contribution in [0.3, 0.4) is 0 Å². The minimum absolute atomic E-state index is 0.532. The molecule has 0 amide bonds. The molecule has 0 aliphatic heterocycles. The first kappa shape index (κ1) is 13.7.